The second kappa shape index (κ2) is 6.41. The first-order valence-electron chi connectivity index (χ1n) is 4.98. The Hall–Kier alpha value is -2.08. The van der Waals surface area contributed by atoms with Crippen molar-refractivity contribution in [1.82, 2.24) is 0 Å². The molecule has 0 saturated heterocycles. The third kappa shape index (κ3) is 3.58. The number of carbonyl (C=O) groups excluding carboxylic acids is 2. The van der Waals surface area contributed by atoms with Crippen molar-refractivity contribution in [3.8, 4) is 11.8 Å². The van der Waals surface area contributed by atoms with Crippen molar-refractivity contribution in [1.29, 1.82) is 0 Å². The molecule has 3 heteroatoms. The van der Waals surface area contributed by atoms with Crippen molar-refractivity contribution in [2.24, 2.45) is 0 Å². The van der Waals surface area contributed by atoms with E-state index in [9.17, 15) is 9.59 Å². The molecule has 0 N–H and O–H groups in total. The smallest absolute Gasteiger partial charge is 0.384 e. The summed E-state index contributed by atoms with van der Waals surface area (Å²) in [5.74, 6) is 4.52. The van der Waals surface area contributed by atoms with E-state index in [-0.39, 0.29) is 0 Å². The molecular weight excluding hydrogens is 204 g/mol. The minimum absolute atomic E-state index is 0.299. The highest BCUT2D eigenvalue weighted by Crippen LogP contribution is 2.06. The quantitative estimate of drug-likeness (QED) is 0.435. The highest BCUT2D eigenvalue weighted by molar-refractivity contribution is 5.89. The first kappa shape index (κ1) is 12.0. The summed E-state index contributed by atoms with van der Waals surface area (Å²) in [6, 6.07) is 7.21. The summed E-state index contributed by atoms with van der Waals surface area (Å²) in [5.41, 5.74) is 1.50. The number of carbonyl (C=O) groups is 2. The zero-order valence-corrected chi connectivity index (χ0v) is 9.03. The molecule has 0 amide bonds. The lowest BCUT2D eigenvalue weighted by atomic mass is 10.1. The molecule has 0 fully saturated rings. The molecule has 82 valence electrons. The Morgan fingerprint density at radius 2 is 2.19 bits per heavy atom. The molecule has 1 rings (SSSR count). The summed E-state index contributed by atoms with van der Waals surface area (Å²) in [4.78, 5) is 21.4. The van der Waals surface area contributed by atoms with Crippen LogP contribution in [0.3, 0.4) is 0 Å². The van der Waals surface area contributed by atoms with E-state index in [1.165, 1.54) is 0 Å². The Bertz CT molecular complexity index is 438. The Morgan fingerprint density at radius 3 is 2.88 bits per heavy atom. The molecule has 0 aliphatic heterocycles. The molecule has 1 aromatic rings. The van der Waals surface area contributed by atoms with E-state index >= 15 is 0 Å². The van der Waals surface area contributed by atoms with Crippen LogP contribution in [0, 0.1) is 11.8 Å². The van der Waals surface area contributed by atoms with Crippen molar-refractivity contribution < 1.29 is 14.3 Å². The fourth-order valence-electron chi connectivity index (χ4n) is 1.20. The Labute approximate surface area is 94.4 Å². The molecule has 0 heterocycles. The number of esters is 1. The van der Waals surface area contributed by atoms with Gasteiger partial charge in [-0.15, -0.1) is 0 Å². The maximum atomic E-state index is 11.0. The summed E-state index contributed by atoms with van der Waals surface area (Å²) in [6.45, 7) is 2.03. The van der Waals surface area contributed by atoms with Gasteiger partial charge in [0.15, 0.2) is 0 Å². The van der Waals surface area contributed by atoms with Crippen LogP contribution >= 0.6 is 0 Å². The molecule has 0 aromatic heterocycles. The Balaban J connectivity index is 2.87. The van der Waals surface area contributed by atoms with Gasteiger partial charge in [-0.2, -0.15) is 0 Å². The van der Waals surface area contributed by atoms with Crippen molar-refractivity contribution in [3.63, 3.8) is 0 Å². The van der Waals surface area contributed by atoms with Crippen LogP contribution in [0.5, 0.6) is 0 Å². The first-order valence-corrected chi connectivity index (χ1v) is 4.98. The predicted molar refractivity (Wildman–Crippen MR) is 59.7 cm³/mol. The van der Waals surface area contributed by atoms with Gasteiger partial charge in [-0.25, -0.2) is 4.79 Å². The molecular formula is C13H12O3. The van der Waals surface area contributed by atoms with Gasteiger partial charge in [0, 0.05) is 17.9 Å². The lowest BCUT2D eigenvalue weighted by Gasteiger charge is -1.98. The molecule has 0 spiro atoms. The number of hydrogen-bond donors (Lipinski definition) is 0. The van der Waals surface area contributed by atoms with Crippen LogP contribution in [0.2, 0.25) is 0 Å². The van der Waals surface area contributed by atoms with E-state index in [0.717, 1.165) is 11.8 Å². The summed E-state index contributed by atoms with van der Waals surface area (Å²) in [6.07, 6.45) is 1.11. The van der Waals surface area contributed by atoms with Gasteiger partial charge in [0.1, 0.15) is 6.29 Å². The van der Waals surface area contributed by atoms with Crippen LogP contribution in [0.1, 0.15) is 18.1 Å². The maximum Gasteiger partial charge on any atom is 0.384 e. The molecule has 0 atom stereocenters. The summed E-state index contributed by atoms with van der Waals surface area (Å²) < 4.78 is 4.68. The van der Waals surface area contributed by atoms with Gasteiger partial charge in [0.25, 0.3) is 0 Å². The fraction of sp³-hybridized carbons (Fsp3) is 0.231. The summed E-state index contributed by atoms with van der Waals surface area (Å²) >= 11 is 0. The Kier molecular flexibility index (Phi) is 4.81. The number of hydrogen-bond acceptors (Lipinski definition) is 3. The third-order valence-corrected chi connectivity index (χ3v) is 1.90. The van der Waals surface area contributed by atoms with Crippen LogP contribution in [-0.2, 0) is 20.7 Å². The lowest BCUT2D eigenvalue weighted by molar-refractivity contribution is -0.136. The second-order valence-corrected chi connectivity index (χ2v) is 3.00. The zero-order valence-electron chi connectivity index (χ0n) is 9.03. The van der Waals surface area contributed by atoms with E-state index < -0.39 is 5.97 Å². The van der Waals surface area contributed by atoms with Gasteiger partial charge in [-0.05, 0) is 18.6 Å². The maximum absolute atomic E-state index is 11.0. The van der Waals surface area contributed by atoms with E-state index in [4.69, 9.17) is 0 Å². The highest BCUT2D eigenvalue weighted by atomic mass is 16.5. The van der Waals surface area contributed by atoms with Crippen molar-refractivity contribution in [2.45, 2.75) is 13.3 Å². The summed E-state index contributed by atoms with van der Waals surface area (Å²) in [5, 5.41) is 0. The number of ether oxygens (including phenoxy) is 1. The van der Waals surface area contributed by atoms with Gasteiger partial charge in [-0.1, -0.05) is 24.1 Å². The molecule has 0 radical (unpaired) electrons. The van der Waals surface area contributed by atoms with E-state index in [2.05, 4.69) is 16.6 Å². The minimum atomic E-state index is -0.552. The van der Waals surface area contributed by atoms with Gasteiger partial charge in [0.05, 0.1) is 6.61 Å². The van der Waals surface area contributed by atoms with Crippen molar-refractivity contribution in [3.05, 3.63) is 35.4 Å². The van der Waals surface area contributed by atoms with Crippen molar-refractivity contribution >= 4 is 12.3 Å². The molecule has 0 unspecified atom stereocenters. The summed E-state index contributed by atoms with van der Waals surface area (Å²) in [7, 11) is 0. The van der Waals surface area contributed by atoms with E-state index in [0.29, 0.717) is 18.6 Å². The molecule has 0 bridgehead atoms. The van der Waals surface area contributed by atoms with Gasteiger partial charge >= 0.3 is 5.97 Å². The number of rotatable bonds is 3. The molecule has 3 nitrogen and oxygen atoms in total. The van der Waals surface area contributed by atoms with Crippen molar-refractivity contribution in [2.75, 3.05) is 6.61 Å². The number of aldehydes is 1. The third-order valence-electron chi connectivity index (χ3n) is 1.90. The average Bonchev–Trinajstić information content (AvgIpc) is 2.29. The van der Waals surface area contributed by atoms with Crippen LogP contribution in [-0.4, -0.2) is 18.9 Å². The first-order chi connectivity index (χ1) is 7.77. The largest absolute Gasteiger partial charge is 0.456 e. The van der Waals surface area contributed by atoms with Crippen LogP contribution in [0.4, 0.5) is 0 Å². The standard InChI is InChI=1S/C13H12O3/c1-2-16-13(15)8-7-11-5-3-4-6-12(11)9-10-14/h3-6,10H,2,9H2,1H3. The Morgan fingerprint density at radius 1 is 1.44 bits per heavy atom. The molecule has 1 aromatic carbocycles. The normalized spacial score (nSPS) is 8.81. The van der Waals surface area contributed by atoms with Gasteiger partial charge in [-0.3, -0.25) is 0 Å². The second-order valence-electron chi connectivity index (χ2n) is 3.00. The predicted octanol–water partition coefficient (Wildman–Crippen LogP) is 1.34. The van der Waals surface area contributed by atoms with Crippen LogP contribution in [0.25, 0.3) is 0 Å². The van der Waals surface area contributed by atoms with Crippen LogP contribution in [0.15, 0.2) is 24.3 Å². The molecule has 0 saturated carbocycles. The molecule has 16 heavy (non-hydrogen) atoms. The molecule has 0 aliphatic rings. The molecule has 0 aliphatic carbocycles. The zero-order chi connectivity index (χ0) is 11.8. The lowest BCUT2D eigenvalue weighted by Crippen LogP contribution is -2.00. The van der Waals surface area contributed by atoms with Crippen LogP contribution < -0.4 is 0 Å². The minimum Gasteiger partial charge on any atom is -0.456 e. The van der Waals surface area contributed by atoms with Gasteiger partial charge in [0.2, 0.25) is 0 Å². The van der Waals surface area contributed by atoms with E-state index in [1.54, 1.807) is 13.0 Å². The average molecular weight is 216 g/mol. The monoisotopic (exact) mass is 216 g/mol. The fourth-order valence-corrected chi connectivity index (χ4v) is 1.20. The highest BCUT2D eigenvalue weighted by Gasteiger charge is 1.98. The SMILES string of the molecule is CCOC(=O)C#Cc1ccccc1CC=O. The van der Waals surface area contributed by atoms with Gasteiger partial charge < -0.3 is 9.53 Å². The number of benzene rings is 1. The van der Waals surface area contributed by atoms with E-state index in [1.807, 2.05) is 18.2 Å². The topological polar surface area (TPSA) is 43.4 Å².